The number of hydrogen-bond acceptors (Lipinski definition) is 4. The molecule has 0 radical (unpaired) electrons. The van der Waals surface area contributed by atoms with Gasteiger partial charge in [0.15, 0.2) is 0 Å². The van der Waals surface area contributed by atoms with Gasteiger partial charge < -0.3 is 10.2 Å². The summed E-state index contributed by atoms with van der Waals surface area (Å²) in [5.41, 5.74) is 3.64. The van der Waals surface area contributed by atoms with Crippen LogP contribution in [0.2, 0.25) is 0 Å². The van der Waals surface area contributed by atoms with E-state index in [-0.39, 0.29) is 0 Å². The van der Waals surface area contributed by atoms with Gasteiger partial charge in [0, 0.05) is 44.6 Å². The molecule has 2 heterocycles. The molecule has 0 aliphatic rings. The van der Waals surface area contributed by atoms with Crippen LogP contribution in [0, 0.1) is 0 Å². The van der Waals surface area contributed by atoms with Gasteiger partial charge in [0.05, 0.1) is 6.20 Å². The van der Waals surface area contributed by atoms with E-state index in [9.17, 15) is 0 Å². The van der Waals surface area contributed by atoms with Gasteiger partial charge in [0.25, 0.3) is 0 Å². The number of anilines is 1. The minimum Gasteiger partial charge on any atom is -0.355 e. The molecule has 0 unspecified atom stereocenters. The summed E-state index contributed by atoms with van der Waals surface area (Å²) in [6, 6.07) is 4.35. The molecule has 0 amide bonds. The molecule has 0 aromatic carbocycles. The van der Waals surface area contributed by atoms with E-state index in [1.165, 1.54) is 16.8 Å². The molecule has 21 heavy (non-hydrogen) atoms. The average Bonchev–Trinajstić information content (AvgIpc) is 2.84. The molecule has 114 valence electrons. The molecule has 0 aliphatic heterocycles. The van der Waals surface area contributed by atoms with Crippen molar-refractivity contribution < 1.29 is 0 Å². The molecule has 2 aromatic heterocycles. The number of nitrogens with zero attached hydrogens (tertiary/aromatic N) is 4. The van der Waals surface area contributed by atoms with Gasteiger partial charge in [-0.2, -0.15) is 5.10 Å². The van der Waals surface area contributed by atoms with Crippen molar-refractivity contribution in [3.8, 4) is 0 Å². The minimum absolute atomic E-state index is 0.815. The van der Waals surface area contributed by atoms with Crippen molar-refractivity contribution in [1.82, 2.24) is 20.1 Å². The number of nitrogens with one attached hydrogen (secondary N) is 1. The van der Waals surface area contributed by atoms with Gasteiger partial charge in [-0.05, 0) is 31.2 Å². The number of aryl methyl sites for hydroxylation is 2. The van der Waals surface area contributed by atoms with Crippen molar-refractivity contribution in [1.29, 1.82) is 0 Å². The highest BCUT2D eigenvalue weighted by Gasteiger charge is 2.08. The van der Waals surface area contributed by atoms with Crippen LogP contribution in [0.5, 0.6) is 0 Å². The van der Waals surface area contributed by atoms with E-state index in [0.717, 1.165) is 31.7 Å². The van der Waals surface area contributed by atoms with Crippen molar-refractivity contribution in [3.05, 3.63) is 41.3 Å². The number of rotatable bonds is 7. The first-order valence-electron chi connectivity index (χ1n) is 7.45. The van der Waals surface area contributed by atoms with E-state index < -0.39 is 0 Å². The molecule has 5 heteroatoms. The summed E-state index contributed by atoms with van der Waals surface area (Å²) in [5, 5.41) is 7.43. The molecule has 2 rings (SSSR count). The highest BCUT2D eigenvalue weighted by atomic mass is 15.2. The summed E-state index contributed by atoms with van der Waals surface area (Å²) >= 11 is 0. The molecule has 0 bridgehead atoms. The molecule has 0 spiro atoms. The Bertz CT molecular complexity index is 552. The van der Waals surface area contributed by atoms with Crippen LogP contribution in [0.15, 0.2) is 24.5 Å². The first-order valence-corrected chi connectivity index (χ1v) is 7.45. The second-order valence-electron chi connectivity index (χ2n) is 5.48. The summed E-state index contributed by atoms with van der Waals surface area (Å²) in [4.78, 5) is 6.96. The van der Waals surface area contributed by atoms with E-state index in [0.29, 0.717) is 0 Å². The lowest BCUT2D eigenvalue weighted by Gasteiger charge is -2.19. The zero-order chi connectivity index (χ0) is 15.2. The van der Waals surface area contributed by atoms with Crippen molar-refractivity contribution >= 4 is 5.82 Å². The molecule has 2 aromatic rings. The minimum atomic E-state index is 0.815. The van der Waals surface area contributed by atoms with Crippen LogP contribution in [0.4, 0.5) is 5.82 Å². The van der Waals surface area contributed by atoms with Gasteiger partial charge in [-0.15, -0.1) is 0 Å². The average molecular weight is 287 g/mol. The van der Waals surface area contributed by atoms with E-state index in [1.807, 2.05) is 31.2 Å². The molecule has 0 atom stereocenters. The SMILES string of the molecule is CCCc1cc(CNC)cc(N(C)Cc2cnn(C)c2)n1. The Morgan fingerprint density at radius 2 is 2.10 bits per heavy atom. The highest BCUT2D eigenvalue weighted by Crippen LogP contribution is 2.17. The van der Waals surface area contributed by atoms with E-state index in [4.69, 9.17) is 4.98 Å². The highest BCUT2D eigenvalue weighted by molar-refractivity contribution is 5.42. The normalized spacial score (nSPS) is 10.9. The maximum absolute atomic E-state index is 4.78. The second kappa shape index (κ2) is 7.22. The second-order valence-corrected chi connectivity index (χ2v) is 5.48. The van der Waals surface area contributed by atoms with E-state index in [2.05, 4.69) is 41.4 Å². The zero-order valence-electron chi connectivity index (χ0n) is 13.4. The van der Waals surface area contributed by atoms with Crippen LogP contribution >= 0.6 is 0 Å². The molecule has 0 saturated heterocycles. The Morgan fingerprint density at radius 3 is 2.71 bits per heavy atom. The number of hydrogen-bond donors (Lipinski definition) is 1. The topological polar surface area (TPSA) is 46.0 Å². The number of pyridine rings is 1. The third kappa shape index (κ3) is 4.29. The van der Waals surface area contributed by atoms with Crippen molar-refractivity contribution in [2.45, 2.75) is 32.9 Å². The third-order valence-electron chi connectivity index (χ3n) is 3.38. The largest absolute Gasteiger partial charge is 0.355 e. The zero-order valence-corrected chi connectivity index (χ0v) is 13.4. The van der Waals surface area contributed by atoms with Crippen LogP contribution < -0.4 is 10.2 Å². The van der Waals surface area contributed by atoms with Crippen LogP contribution in [-0.4, -0.2) is 28.9 Å². The Hall–Kier alpha value is -1.88. The fourth-order valence-corrected chi connectivity index (χ4v) is 2.43. The Morgan fingerprint density at radius 1 is 1.29 bits per heavy atom. The van der Waals surface area contributed by atoms with Gasteiger partial charge in [-0.25, -0.2) is 4.98 Å². The Balaban J connectivity index is 2.19. The fraction of sp³-hybridized carbons (Fsp3) is 0.500. The first-order chi connectivity index (χ1) is 10.1. The van der Waals surface area contributed by atoms with Gasteiger partial charge in [-0.3, -0.25) is 4.68 Å². The summed E-state index contributed by atoms with van der Waals surface area (Å²) in [7, 11) is 5.99. The predicted molar refractivity (Wildman–Crippen MR) is 86.3 cm³/mol. The monoisotopic (exact) mass is 287 g/mol. The fourth-order valence-electron chi connectivity index (χ4n) is 2.43. The predicted octanol–water partition coefficient (Wildman–Crippen LogP) is 2.12. The van der Waals surface area contributed by atoms with Crippen LogP contribution in [0.1, 0.15) is 30.2 Å². The lowest BCUT2D eigenvalue weighted by molar-refractivity contribution is 0.766. The lowest BCUT2D eigenvalue weighted by Crippen LogP contribution is -2.19. The number of aromatic nitrogens is 3. The van der Waals surface area contributed by atoms with Crippen molar-refractivity contribution in [2.75, 3.05) is 19.0 Å². The van der Waals surface area contributed by atoms with Gasteiger partial charge in [0.1, 0.15) is 5.82 Å². The van der Waals surface area contributed by atoms with Crippen LogP contribution in [0.25, 0.3) is 0 Å². The molecular formula is C16H25N5. The summed E-state index contributed by atoms with van der Waals surface area (Å²) < 4.78 is 1.83. The summed E-state index contributed by atoms with van der Waals surface area (Å²) in [5.74, 6) is 1.02. The first kappa shape index (κ1) is 15.5. The van der Waals surface area contributed by atoms with Crippen molar-refractivity contribution in [3.63, 3.8) is 0 Å². The smallest absolute Gasteiger partial charge is 0.129 e. The molecular weight excluding hydrogens is 262 g/mol. The van der Waals surface area contributed by atoms with Crippen LogP contribution in [0.3, 0.4) is 0 Å². The maximum atomic E-state index is 4.78. The molecule has 0 aliphatic carbocycles. The van der Waals surface area contributed by atoms with E-state index in [1.54, 1.807) is 0 Å². The van der Waals surface area contributed by atoms with Gasteiger partial charge in [-0.1, -0.05) is 13.3 Å². The van der Waals surface area contributed by atoms with Gasteiger partial charge >= 0.3 is 0 Å². The van der Waals surface area contributed by atoms with Gasteiger partial charge in [0.2, 0.25) is 0 Å². The van der Waals surface area contributed by atoms with Crippen LogP contribution in [-0.2, 0) is 26.6 Å². The maximum Gasteiger partial charge on any atom is 0.129 e. The summed E-state index contributed by atoms with van der Waals surface area (Å²) in [6.45, 7) is 3.87. The lowest BCUT2D eigenvalue weighted by atomic mass is 10.1. The molecule has 1 N–H and O–H groups in total. The van der Waals surface area contributed by atoms with E-state index >= 15 is 0 Å². The molecule has 0 fully saturated rings. The Labute approximate surface area is 127 Å². The Kier molecular flexibility index (Phi) is 5.33. The molecule has 0 saturated carbocycles. The van der Waals surface area contributed by atoms with Crippen molar-refractivity contribution in [2.24, 2.45) is 7.05 Å². The quantitative estimate of drug-likeness (QED) is 0.847. The molecule has 5 nitrogen and oxygen atoms in total. The standard InChI is InChI=1S/C16H25N5/c1-5-6-15-7-13(9-17-2)8-16(19-15)20(3)11-14-10-18-21(4)12-14/h7-8,10,12,17H,5-6,9,11H2,1-4H3. The summed E-state index contributed by atoms with van der Waals surface area (Å²) in [6.07, 6.45) is 6.08. The third-order valence-corrected chi connectivity index (χ3v) is 3.38.